The van der Waals surface area contributed by atoms with E-state index in [4.69, 9.17) is 0 Å². The molecule has 17 heavy (non-hydrogen) atoms. The van der Waals surface area contributed by atoms with Crippen LogP contribution in [0.3, 0.4) is 0 Å². The van der Waals surface area contributed by atoms with E-state index in [1.165, 1.54) is 0 Å². The van der Waals surface area contributed by atoms with E-state index in [2.05, 4.69) is 19.2 Å². The number of thioether (sulfide) groups is 1. The zero-order chi connectivity index (χ0) is 12.7. The summed E-state index contributed by atoms with van der Waals surface area (Å²) < 4.78 is 0. The Kier molecular flexibility index (Phi) is 6.00. The van der Waals surface area contributed by atoms with Crippen molar-refractivity contribution < 1.29 is 4.92 Å². The maximum Gasteiger partial charge on any atom is 0.269 e. The molecule has 0 spiro atoms. The van der Waals surface area contributed by atoms with Crippen LogP contribution < -0.4 is 5.32 Å². The number of hydrogen-bond donors (Lipinski definition) is 1. The lowest BCUT2D eigenvalue weighted by molar-refractivity contribution is -0.384. The second kappa shape index (κ2) is 7.29. The molecule has 0 amide bonds. The number of nitrogens with zero attached hydrogens (tertiary/aromatic N) is 1. The largest absolute Gasteiger partial charge is 0.315 e. The van der Waals surface area contributed by atoms with E-state index in [9.17, 15) is 10.1 Å². The molecule has 1 N–H and O–H groups in total. The smallest absolute Gasteiger partial charge is 0.269 e. The Morgan fingerprint density at radius 3 is 2.53 bits per heavy atom. The first-order valence-electron chi connectivity index (χ1n) is 5.70. The summed E-state index contributed by atoms with van der Waals surface area (Å²) in [4.78, 5) is 11.2. The van der Waals surface area contributed by atoms with Crippen LogP contribution in [0.25, 0.3) is 0 Å². The Morgan fingerprint density at radius 1 is 1.35 bits per heavy atom. The molecule has 0 aliphatic heterocycles. The van der Waals surface area contributed by atoms with Gasteiger partial charge in [-0.25, -0.2) is 0 Å². The summed E-state index contributed by atoms with van der Waals surface area (Å²) in [6.45, 7) is 5.27. The Bertz CT molecular complexity index is 352. The number of nitro benzene ring substituents is 1. The minimum atomic E-state index is -0.374. The SMILES string of the molecule is CC(C)NCCCSc1ccc([N+](=O)[O-])cc1. The molecule has 1 aromatic carbocycles. The Morgan fingerprint density at radius 2 is 2.00 bits per heavy atom. The van der Waals surface area contributed by atoms with Gasteiger partial charge < -0.3 is 5.32 Å². The van der Waals surface area contributed by atoms with Gasteiger partial charge >= 0.3 is 0 Å². The summed E-state index contributed by atoms with van der Waals surface area (Å²) in [5.74, 6) is 1.03. The van der Waals surface area contributed by atoms with Crippen molar-refractivity contribution in [1.82, 2.24) is 5.32 Å². The first-order valence-corrected chi connectivity index (χ1v) is 6.69. The van der Waals surface area contributed by atoms with Gasteiger partial charge in [-0.1, -0.05) is 13.8 Å². The Balaban J connectivity index is 2.25. The quantitative estimate of drug-likeness (QED) is 0.351. The molecule has 0 atom stereocenters. The number of nitro groups is 1. The van der Waals surface area contributed by atoms with Gasteiger partial charge in [0.25, 0.3) is 5.69 Å². The molecule has 0 saturated carbocycles. The highest BCUT2D eigenvalue weighted by atomic mass is 32.2. The third-order valence-electron chi connectivity index (χ3n) is 2.19. The van der Waals surface area contributed by atoms with Crippen molar-refractivity contribution in [3.63, 3.8) is 0 Å². The van der Waals surface area contributed by atoms with Gasteiger partial charge in [0.2, 0.25) is 0 Å². The van der Waals surface area contributed by atoms with Crippen LogP contribution in [0.1, 0.15) is 20.3 Å². The second-order valence-electron chi connectivity index (χ2n) is 4.06. The predicted octanol–water partition coefficient (Wildman–Crippen LogP) is 3.08. The molecule has 0 saturated heterocycles. The Labute approximate surface area is 106 Å². The molecule has 4 nitrogen and oxygen atoms in total. The van der Waals surface area contributed by atoms with Crippen LogP contribution in [0.4, 0.5) is 5.69 Å². The van der Waals surface area contributed by atoms with Crippen molar-refractivity contribution in [2.24, 2.45) is 0 Å². The van der Waals surface area contributed by atoms with E-state index in [0.717, 1.165) is 23.6 Å². The van der Waals surface area contributed by atoms with Crippen LogP contribution in [-0.4, -0.2) is 23.3 Å². The maximum absolute atomic E-state index is 10.5. The summed E-state index contributed by atoms with van der Waals surface area (Å²) >= 11 is 1.73. The topological polar surface area (TPSA) is 55.2 Å². The summed E-state index contributed by atoms with van der Waals surface area (Å²) in [6, 6.07) is 7.24. The minimum Gasteiger partial charge on any atom is -0.315 e. The molecule has 0 fully saturated rings. The van der Waals surface area contributed by atoms with Gasteiger partial charge in [0, 0.05) is 23.1 Å². The van der Waals surface area contributed by atoms with Crippen LogP contribution in [-0.2, 0) is 0 Å². The maximum atomic E-state index is 10.5. The lowest BCUT2D eigenvalue weighted by atomic mass is 10.3. The van der Waals surface area contributed by atoms with E-state index in [-0.39, 0.29) is 10.6 Å². The average Bonchev–Trinajstić information content (AvgIpc) is 2.29. The van der Waals surface area contributed by atoms with Crippen LogP contribution in [0.2, 0.25) is 0 Å². The molecule has 5 heteroatoms. The van der Waals surface area contributed by atoms with Crippen LogP contribution >= 0.6 is 11.8 Å². The number of hydrogen-bond acceptors (Lipinski definition) is 4. The molecule has 1 rings (SSSR count). The van der Waals surface area contributed by atoms with E-state index in [1.807, 2.05) is 0 Å². The summed E-state index contributed by atoms with van der Waals surface area (Å²) in [7, 11) is 0. The van der Waals surface area contributed by atoms with Crippen molar-refractivity contribution in [1.29, 1.82) is 0 Å². The van der Waals surface area contributed by atoms with Crippen molar-refractivity contribution in [3.8, 4) is 0 Å². The van der Waals surface area contributed by atoms with E-state index in [0.29, 0.717) is 6.04 Å². The second-order valence-corrected chi connectivity index (χ2v) is 5.23. The first-order chi connectivity index (χ1) is 8.09. The molecular weight excluding hydrogens is 236 g/mol. The van der Waals surface area contributed by atoms with Crippen LogP contribution in [0.5, 0.6) is 0 Å². The minimum absolute atomic E-state index is 0.149. The van der Waals surface area contributed by atoms with E-state index < -0.39 is 0 Å². The third kappa shape index (κ3) is 5.70. The summed E-state index contributed by atoms with van der Waals surface area (Å²) in [5, 5.41) is 13.8. The number of nitrogens with one attached hydrogen (secondary N) is 1. The molecule has 0 radical (unpaired) electrons. The van der Waals surface area contributed by atoms with Crippen molar-refractivity contribution in [2.45, 2.75) is 31.2 Å². The first kappa shape index (κ1) is 14.0. The highest BCUT2D eigenvalue weighted by molar-refractivity contribution is 7.99. The highest BCUT2D eigenvalue weighted by Crippen LogP contribution is 2.21. The molecule has 0 heterocycles. The molecule has 94 valence electrons. The van der Waals surface area contributed by atoms with E-state index in [1.54, 1.807) is 36.0 Å². The lowest BCUT2D eigenvalue weighted by Gasteiger charge is -2.07. The zero-order valence-corrected chi connectivity index (χ0v) is 11.0. The van der Waals surface area contributed by atoms with Crippen molar-refractivity contribution in [3.05, 3.63) is 34.4 Å². The fraction of sp³-hybridized carbons (Fsp3) is 0.500. The van der Waals surface area contributed by atoms with Crippen molar-refractivity contribution in [2.75, 3.05) is 12.3 Å². The fourth-order valence-electron chi connectivity index (χ4n) is 1.32. The van der Waals surface area contributed by atoms with Gasteiger partial charge in [0.1, 0.15) is 0 Å². The predicted molar refractivity (Wildman–Crippen MR) is 71.6 cm³/mol. The normalized spacial score (nSPS) is 10.8. The van der Waals surface area contributed by atoms with Gasteiger partial charge in [-0.15, -0.1) is 11.8 Å². The number of rotatable bonds is 7. The Hall–Kier alpha value is -1.07. The number of non-ortho nitro benzene ring substituents is 1. The molecule has 0 unspecified atom stereocenters. The summed E-state index contributed by atoms with van der Waals surface area (Å²) in [5.41, 5.74) is 0.149. The number of benzene rings is 1. The van der Waals surface area contributed by atoms with Gasteiger partial charge in [-0.3, -0.25) is 10.1 Å². The van der Waals surface area contributed by atoms with Crippen LogP contribution in [0, 0.1) is 10.1 Å². The zero-order valence-electron chi connectivity index (χ0n) is 10.2. The molecule has 0 aliphatic carbocycles. The molecule has 0 aliphatic rings. The van der Waals surface area contributed by atoms with Gasteiger partial charge in [-0.05, 0) is 30.9 Å². The molecule has 1 aromatic rings. The van der Waals surface area contributed by atoms with Gasteiger partial charge in [0.05, 0.1) is 4.92 Å². The van der Waals surface area contributed by atoms with Crippen LogP contribution in [0.15, 0.2) is 29.2 Å². The van der Waals surface area contributed by atoms with E-state index >= 15 is 0 Å². The molecule has 0 bridgehead atoms. The third-order valence-corrected chi connectivity index (χ3v) is 3.29. The monoisotopic (exact) mass is 254 g/mol. The lowest BCUT2D eigenvalue weighted by Crippen LogP contribution is -2.23. The van der Waals surface area contributed by atoms with Crippen molar-refractivity contribution >= 4 is 17.4 Å². The molecular formula is C12H18N2O2S. The van der Waals surface area contributed by atoms with Gasteiger partial charge in [0.15, 0.2) is 0 Å². The summed E-state index contributed by atoms with van der Waals surface area (Å²) in [6.07, 6.45) is 1.10. The molecule has 0 aromatic heterocycles. The highest BCUT2D eigenvalue weighted by Gasteiger charge is 2.03. The fourth-order valence-corrected chi connectivity index (χ4v) is 2.17. The standard InChI is InChI=1S/C12H18N2O2S/c1-10(2)13-8-3-9-17-12-6-4-11(5-7-12)14(15)16/h4-7,10,13H,3,8-9H2,1-2H3. The van der Waals surface area contributed by atoms with Gasteiger partial charge in [-0.2, -0.15) is 0 Å². The average molecular weight is 254 g/mol.